The van der Waals surface area contributed by atoms with Crippen molar-refractivity contribution in [3.63, 3.8) is 0 Å². The normalized spacial score (nSPS) is 11.6. The molecule has 1 aromatic rings. The summed E-state index contributed by atoms with van der Waals surface area (Å²) in [4.78, 5) is 22.7. The minimum absolute atomic E-state index is 0.0317. The molecule has 6 nitrogen and oxygen atoms in total. The van der Waals surface area contributed by atoms with E-state index in [1.165, 1.54) is 0 Å². The summed E-state index contributed by atoms with van der Waals surface area (Å²) in [6.45, 7) is 4.46. The first-order valence-corrected chi connectivity index (χ1v) is 7.09. The molecule has 0 radical (unpaired) electrons. The second kappa shape index (κ2) is 8.97. The molecule has 0 heterocycles. The van der Waals surface area contributed by atoms with E-state index < -0.39 is 0 Å². The van der Waals surface area contributed by atoms with Crippen molar-refractivity contribution >= 4 is 17.7 Å². The van der Waals surface area contributed by atoms with Crippen LogP contribution in [-0.2, 0) is 9.53 Å². The summed E-state index contributed by atoms with van der Waals surface area (Å²) < 4.78 is 4.80. The number of hydrogen-bond donors (Lipinski definition) is 3. The SMILES string of the molecule is CCOC(=O)CCCNC(=O)Nc1ccc(C(C)N)cc1. The lowest BCUT2D eigenvalue weighted by Gasteiger charge is -2.09. The summed E-state index contributed by atoms with van der Waals surface area (Å²) in [7, 11) is 0. The number of amides is 2. The number of nitrogens with one attached hydrogen (secondary N) is 2. The Bertz CT molecular complexity index is 458. The number of carbonyl (C=O) groups excluding carboxylic acids is 2. The maximum Gasteiger partial charge on any atom is 0.319 e. The molecule has 0 fully saturated rings. The quantitative estimate of drug-likeness (QED) is 0.530. The molecular weight excluding hydrogens is 270 g/mol. The topological polar surface area (TPSA) is 93.4 Å². The van der Waals surface area contributed by atoms with E-state index in [1.54, 1.807) is 19.1 Å². The molecular formula is C15H23N3O3. The van der Waals surface area contributed by atoms with Gasteiger partial charge in [0.15, 0.2) is 0 Å². The van der Waals surface area contributed by atoms with Crippen molar-refractivity contribution in [1.82, 2.24) is 5.32 Å². The van der Waals surface area contributed by atoms with E-state index in [4.69, 9.17) is 10.5 Å². The van der Waals surface area contributed by atoms with E-state index in [-0.39, 0.29) is 18.0 Å². The van der Waals surface area contributed by atoms with Gasteiger partial charge in [-0.25, -0.2) is 4.79 Å². The number of hydrogen-bond acceptors (Lipinski definition) is 4. The van der Waals surface area contributed by atoms with Crippen LogP contribution in [0.2, 0.25) is 0 Å². The zero-order chi connectivity index (χ0) is 15.7. The fraction of sp³-hybridized carbons (Fsp3) is 0.467. The number of carbonyl (C=O) groups is 2. The van der Waals surface area contributed by atoms with Crippen molar-refractivity contribution in [2.45, 2.75) is 32.7 Å². The summed E-state index contributed by atoms with van der Waals surface area (Å²) in [5.41, 5.74) is 7.46. The van der Waals surface area contributed by atoms with Gasteiger partial charge in [-0.1, -0.05) is 12.1 Å². The van der Waals surface area contributed by atoms with Crippen LogP contribution in [0.4, 0.5) is 10.5 Å². The highest BCUT2D eigenvalue weighted by Gasteiger charge is 2.04. The first kappa shape index (κ1) is 17.0. The van der Waals surface area contributed by atoms with Crippen LogP contribution in [0.1, 0.15) is 38.3 Å². The molecule has 0 aliphatic carbocycles. The number of rotatable bonds is 7. The zero-order valence-corrected chi connectivity index (χ0v) is 12.5. The van der Waals surface area contributed by atoms with Crippen molar-refractivity contribution in [3.8, 4) is 0 Å². The summed E-state index contributed by atoms with van der Waals surface area (Å²) in [5.74, 6) is -0.244. The van der Waals surface area contributed by atoms with Gasteiger partial charge in [-0.2, -0.15) is 0 Å². The lowest BCUT2D eigenvalue weighted by atomic mass is 10.1. The Kier molecular flexibility index (Phi) is 7.25. The lowest BCUT2D eigenvalue weighted by molar-refractivity contribution is -0.143. The maximum absolute atomic E-state index is 11.6. The Balaban J connectivity index is 2.26. The fourth-order valence-corrected chi connectivity index (χ4v) is 1.71. The fourth-order valence-electron chi connectivity index (χ4n) is 1.71. The molecule has 1 aromatic carbocycles. The lowest BCUT2D eigenvalue weighted by Crippen LogP contribution is -2.29. The molecule has 21 heavy (non-hydrogen) atoms. The van der Waals surface area contributed by atoms with Gasteiger partial charge in [-0.05, 0) is 38.0 Å². The average Bonchev–Trinajstić information content (AvgIpc) is 2.44. The van der Waals surface area contributed by atoms with Gasteiger partial charge in [0, 0.05) is 24.7 Å². The van der Waals surface area contributed by atoms with Crippen molar-refractivity contribution in [2.24, 2.45) is 5.73 Å². The van der Waals surface area contributed by atoms with Crippen LogP contribution in [0, 0.1) is 0 Å². The number of nitrogens with two attached hydrogens (primary N) is 1. The highest BCUT2D eigenvalue weighted by atomic mass is 16.5. The first-order chi connectivity index (χ1) is 10.0. The molecule has 0 aliphatic heterocycles. The zero-order valence-electron chi connectivity index (χ0n) is 12.5. The number of urea groups is 1. The Morgan fingerprint density at radius 2 is 1.95 bits per heavy atom. The van der Waals surface area contributed by atoms with Gasteiger partial charge in [-0.15, -0.1) is 0 Å². The van der Waals surface area contributed by atoms with Crippen molar-refractivity contribution in [1.29, 1.82) is 0 Å². The molecule has 1 atom stereocenters. The molecule has 4 N–H and O–H groups in total. The predicted molar refractivity (Wildman–Crippen MR) is 81.9 cm³/mol. The molecule has 0 aliphatic rings. The first-order valence-electron chi connectivity index (χ1n) is 7.09. The summed E-state index contributed by atoms with van der Waals surface area (Å²) in [6, 6.07) is 7.03. The van der Waals surface area contributed by atoms with E-state index in [2.05, 4.69) is 10.6 Å². The molecule has 1 rings (SSSR count). The molecule has 1 unspecified atom stereocenters. The highest BCUT2D eigenvalue weighted by molar-refractivity contribution is 5.89. The van der Waals surface area contributed by atoms with E-state index in [9.17, 15) is 9.59 Å². The number of esters is 1. The van der Waals surface area contributed by atoms with Crippen LogP contribution in [0.25, 0.3) is 0 Å². The third kappa shape index (κ3) is 6.76. The molecule has 0 aromatic heterocycles. The van der Waals surface area contributed by atoms with E-state index in [1.807, 2.05) is 19.1 Å². The van der Waals surface area contributed by atoms with Crippen LogP contribution in [-0.4, -0.2) is 25.2 Å². The van der Waals surface area contributed by atoms with Crippen molar-refractivity contribution in [3.05, 3.63) is 29.8 Å². The summed E-state index contributed by atoms with van der Waals surface area (Å²) >= 11 is 0. The van der Waals surface area contributed by atoms with Gasteiger partial charge in [-0.3, -0.25) is 4.79 Å². The van der Waals surface area contributed by atoms with E-state index in [0.717, 1.165) is 5.56 Å². The molecule has 116 valence electrons. The predicted octanol–water partition coefficient (Wildman–Crippen LogP) is 2.17. The second-order valence-electron chi connectivity index (χ2n) is 4.70. The van der Waals surface area contributed by atoms with Crippen LogP contribution < -0.4 is 16.4 Å². The monoisotopic (exact) mass is 293 g/mol. The smallest absolute Gasteiger partial charge is 0.319 e. The van der Waals surface area contributed by atoms with Gasteiger partial charge in [0.25, 0.3) is 0 Å². The van der Waals surface area contributed by atoms with Crippen LogP contribution in [0.5, 0.6) is 0 Å². The average molecular weight is 293 g/mol. The minimum Gasteiger partial charge on any atom is -0.466 e. The second-order valence-corrected chi connectivity index (χ2v) is 4.70. The van der Waals surface area contributed by atoms with Gasteiger partial charge in [0.2, 0.25) is 0 Å². The molecule has 2 amide bonds. The van der Waals surface area contributed by atoms with Crippen LogP contribution in [0.15, 0.2) is 24.3 Å². The minimum atomic E-state index is -0.299. The Labute approximate surface area is 125 Å². The third-order valence-corrected chi connectivity index (χ3v) is 2.84. The maximum atomic E-state index is 11.6. The van der Waals surface area contributed by atoms with Crippen molar-refractivity contribution in [2.75, 3.05) is 18.5 Å². The van der Waals surface area contributed by atoms with Gasteiger partial charge >= 0.3 is 12.0 Å². The molecule has 0 bridgehead atoms. The molecule has 0 saturated carbocycles. The molecule has 0 saturated heterocycles. The summed E-state index contributed by atoms with van der Waals surface area (Å²) in [6.07, 6.45) is 0.854. The highest BCUT2D eigenvalue weighted by Crippen LogP contribution is 2.13. The van der Waals surface area contributed by atoms with Gasteiger partial charge in [0.05, 0.1) is 6.61 Å². The van der Waals surface area contributed by atoms with E-state index in [0.29, 0.717) is 31.7 Å². The molecule has 0 spiro atoms. The summed E-state index contributed by atoms with van der Waals surface area (Å²) in [5, 5.41) is 5.40. The van der Waals surface area contributed by atoms with Crippen LogP contribution in [0.3, 0.4) is 0 Å². The Morgan fingerprint density at radius 3 is 2.52 bits per heavy atom. The van der Waals surface area contributed by atoms with Crippen LogP contribution >= 0.6 is 0 Å². The third-order valence-electron chi connectivity index (χ3n) is 2.84. The van der Waals surface area contributed by atoms with Crippen molar-refractivity contribution < 1.29 is 14.3 Å². The largest absolute Gasteiger partial charge is 0.466 e. The number of ether oxygens (including phenoxy) is 1. The Morgan fingerprint density at radius 1 is 1.29 bits per heavy atom. The van der Waals surface area contributed by atoms with E-state index >= 15 is 0 Å². The number of benzene rings is 1. The molecule has 6 heteroatoms. The van der Waals surface area contributed by atoms with Gasteiger partial charge in [0.1, 0.15) is 0 Å². The number of anilines is 1. The Hall–Kier alpha value is -2.08. The standard InChI is InChI=1S/C15H23N3O3/c1-3-21-14(19)5-4-10-17-15(20)18-13-8-6-12(7-9-13)11(2)16/h6-9,11H,3-5,10,16H2,1-2H3,(H2,17,18,20). The van der Waals surface area contributed by atoms with Gasteiger partial charge < -0.3 is 21.1 Å².